The van der Waals surface area contributed by atoms with Gasteiger partial charge in [-0.15, -0.1) is 0 Å². The molecule has 0 saturated carbocycles. The molecule has 0 atom stereocenters. The zero-order valence-electron chi connectivity index (χ0n) is 21.4. The van der Waals surface area contributed by atoms with Gasteiger partial charge in [0, 0.05) is 31.7 Å². The second-order valence-corrected chi connectivity index (χ2v) is 11.4. The maximum absolute atomic E-state index is 14.8. The summed E-state index contributed by atoms with van der Waals surface area (Å²) in [6, 6.07) is 6.83. The maximum Gasteiger partial charge on any atom is 0.409 e. The van der Waals surface area contributed by atoms with Crippen molar-refractivity contribution in [3.63, 3.8) is 0 Å². The van der Waals surface area contributed by atoms with Crippen molar-refractivity contribution in [3.8, 4) is 11.5 Å². The highest BCUT2D eigenvalue weighted by atomic mass is 35.5. The number of benzene rings is 2. The predicted molar refractivity (Wildman–Crippen MR) is 140 cm³/mol. The van der Waals surface area contributed by atoms with Crippen LogP contribution in [-0.4, -0.2) is 87.4 Å². The van der Waals surface area contributed by atoms with Crippen LogP contribution in [0, 0.1) is 11.6 Å². The lowest BCUT2D eigenvalue weighted by atomic mass is 10.1. The van der Waals surface area contributed by atoms with Crippen LogP contribution < -0.4 is 10.5 Å². The average molecular weight is 589 g/mol. The van der Waals surface area contributed by atoms with Gasteiger partial charge in [-0.3, -0.25) is 9.69 Å². The van der Waals surface area contributed by atoms with Crippen molar-refractivity contribution in [1.82, 2.24) is 14.1 Å². The molecule has 1 saturated heterocycles. The summed E-state index contributed by atoms with van der Waals surface area (Å²) in [5.41, 5.74) is 5.22. The SMILES string of the molecule is CN(CCN(CC(N)=O)S(=O)(=O)c1cc(F)c(Oc2ccc(Cl)cc2)c(F)c1)C(=O)OCCN1CCCCC1. The molecule has 1 heterocycles. The third-order valence-electron chi connectivity index (χ3n) is 6.05. The molecule has 2 amide bonds. The van der Waals surface area contributed by atoms with E-state index in [4.69, 9.17) is 26.8 Å². The zero-order valence-corrected chi connectivity index (χ0v) is 23.0. The van der Waals surface area contributed by atoms with Crippen LogP contribution in [0.3, 0.4) is 0 Å². The molecule has 0 spiro atoms. The molecule has 2 aromatic carbocycles. The van der Waals surface area contributed by atoms with E-state index in [1.54, 1.807) is 0 Å². The van der Waals surface area contributed by atoms with Gasteiger partial charge < -0.3 is 20.1 Å². The normalized spacial score (nSPS) is 14.3. The topological polar surface area (TPSA) is 122 Å². The van der Waals surface area contributed by atoms with Gasteiger partial charge in [-0.1, -0.05) is 18.0 Å². The molecule has 2 N–H and O–H groups in total. The molecule has 1 aliphatic rings. The monoisotopic (exact) mass is 588 g/mol. The number of piperidine rings is 1. The molecule has 214 valence electrons. The van der Waals surface area contributed by atoms with Crippen LogP contribution in [0.5, 0.6) is 11.5 Å². The number of hydrogen-bond acceptors (Lipinski definition) is 7. The number of rotatable bonds is 12. The number of hydrogen-bond donors (Lipinski definition) is 1. The van der Waals surface area contributed by atoms with Crippen LogP contribution in [0.2, 0.25) is 5.02 Å². The molecule has 0 unspecified atom stereocenters. The first kappa shape index (κ1) is 30.5. The van der Waals surface area contributed by atoms with Crippen molar-refractivity contribution in [2.45, 2.75) is 24.2 Å². The second-order valence-electron chi connectivity index (χ2n) is 9.02. The molecular weight excluding hydrogens is 558 g/mol. The third kappa shape index (κ3) is 8.75. The molecule has 39 heavy (non-hydrogen) atoms. The quantitative estimate of drug-likeness (QED) is 0.403. The number of primary amides is 1. The molecule has 14 heteroatoms. The van der Waals surface area contributed by atoms with Gasteiger partial charge in [0.1, 0.15) is 12.4 Å². The summed E-state index contributed by atoms with van der Waals surface area (Å²) in [4.78, 5) is 26.5. The minimum Gasteiger partial charge on any atom is -0.451 e. The first-order valence-electron chi connectivity index (χ1n) is 12.3. The summed E-state index contributed by atoms with van der Waals surface area (Å²) in [6.45, 7) is 1.34. The fraction of sp³-hybridized carbons (Fsp3) is 0.440. The van der Waals surface area contributed by atoms with E-state index in [-0.39, 0.29) is 25.4 Å². The number of nitrogens with zero attached hydrogens (tertiary/aromatic N) is 3. The summed E-state index contributed by atoms with van der Waals surface area (Å²) >= 11 is 5.79. The van der Waals surface area contributed by atoms with Crippen molar-refractivity contribution in [3.05, 3.63) is 53.1 Å². The van der Waals surface area contributed by atoms with Crippen LogP contribution in [0.15, 0.2) is 41.3 Å². The van der Waals surface area contributed by atoms with E-state index < -0.39 is 50.8 Å². The molecule has 0 aromatic heterocycles. The number of amides is 2. The number of carbonyl (C=O) groups is 2. The highest BCUT2D eigenvalue weighted by Gasteiger charge is 2.29. The van der Waals surface area contributed by atoms with Crippen molar-refractivity contribution < 1.29 is 36.3 Å². The Labute approximate surface area is 231 Å². The van der Waals surface area contributed by atoms with Gasteiger partial charge in [-0.25, -0.2) is 22.0 Å². The Morgan fingerprint density at radius 3 is 2.26 bits per heavy atom. The zero-order chi connectivity index (χ0) is 28.6. The standard InChI is InChI=1S/C25H31ClF2N4O6S/c1-30(25(34)37-14-13-31-9-3-2-4-10-31)11-12-32(17-23(29)33)39(35,36)20-15-21(27)24(22(28)16-20)38-19-7-5-18(26)6-8-19/h5-8,15-16H,2-4,9-14,17H2,1H3,(H2,29,33). The number of likely N-dealkylation sites (tertiary alicyclic amines) is 1. The minimum absolute atomic E-state index is 0.0778. The van der Waals surface area contributed by atoms with Gasteiger partial charge in [-0.2, -0.15) is 4.31 Å². The van der Waals surface area contributed by atoms with Gasteiger partial charge in [-0.05, 0) is 62.3 Å². The fourth-order valence-corrected chi connectivity index (χ4v) is 5.47. The van der Waals surface area contributed by atoms with E-state index in [2.05, 4.69) is 4.90 Å². The average Bonchev–Trinajstić information content (AvgIpc) is 2.89. The van der Waals surface area contributed by atoms with E-state index in [1.165, 1.54) is 37.7 Å². The number of ether oxygens (including phenoxy) is 2. The largest absolute Gasteiger partial charge is 0.451 e. The van der Waals surface area contributed by atoms with Crippen molar-refractivity contribution in [2.24, 2.45) is 5.73 Å². The summed E-state index contributed by atoms with van der Waals surface area (Å²) < 4.78 is 67.0. The van der Waals surface area contributed by atoms with Crippen LogP contribution in [0.1, 0.15) is 19.3 Å². The van der Waals surface area contributed by atoms with E-state index in [0.29, 0.717) is 28.0 Å². The lowest BCUT2D eigenvalue weighted by Crippen LogP contribution is -2.43. The number of likely N-dealkylation sites (N-methyl/N-ethyl adjacent to an activating group) is 1. The number of sulfonamides is 1. The Morgan fingerprint density at radius 1 is 1.05 bits per heavy atom. The van der Waals surface area contributed by atoms with Crippen LogP contribution in [0.25, 0.3) is 0 Å². The molecule has 0 aliphatic carbocycles. The second kappa shape index (κ2) is 13.9. The van der Waals surface area contributed by atoms with E-state index in [1.807, 2.05) is 0 Å². The van der Waals surface area contributed by atoms with Gasteiger partial charge in [0.15, 0.2) is 17.4 Å². The van der Waals surface area contributed by atoms with Crippen molar-refractivity contribution in [1.29, 1.82) is 0 Å². The fourth-order valence-electron chi connectivity index (χ4n) is 3.92. The number of halogens is 3. The highest BCUT2D eigenvalue weighted by Crippen LogP contribution is 2.31. The Morgan fingerprint density at radius 2 is 1.67 bits per heavy atom. The van der Waals surface area contributed by atoms with E-state index >= 15 is 0 Å². The van der Waals surface area contributed by atoms with Crippen LogP contribution in [0.4, 0.5) is 13.6 Å². The van der Waals surface area contributed by atoms with Crippen LogP contribution >= 0.6 is 11.6 Å². The van der Waals surface area contributed by atoms with Gasteiger partial charge >= 0.3 is 6.09 Å². The Balaban J connectivity index is 1.66. The number of nitrogens with two attached hydrogens (primary N) is 1. The Hall–Kier alpha value is -3.00. The van der Waals surface area contributed by atoms with Crippen molar-refractivity contribution in [2.75, 3.05) is 52.9 Å². The molecule has 3 rings (SSSR count). The minimum atomic E-state index is -4.60. The molecule has 1 aliphatic heterocycles. The van der Waals surface area contributed by atoms with Crippen LogP contribution in [-0.2, 0) is 19.6 Å². The highest BCUT2D eigenvalue weighted by molar-refractivity contribution is 7.89. The first-order valence-corrected chi connectivity index (χ1v) is 14.1. The summed E-state index contributed by atoms with van der Waals surface area (Å²) in [5.74, 6) is -4.29. The number of carbonyl (C=O) groups excluding carboxylic acids is 2. The molecular formula is C25H31ClF2N4O6S. The predicted octanol–water partition coefficient (Wildman–Crippen LogP) is 3.44. The summed E-state index contributed by atoms with van der Waals surface area (Å²) in [6.07, 6.45) is 2.71. The molecule has 10 nitrogen and oxygen atoms in total. The first-order chi connectivity index (χ1) is 18.5. The maximum atomic E-state index is 14.8. The van der Waals surface area contributed by atoms with E-state index in [9.17, 15) is 26.8 Å². The Bertz CT molecular complexity index is 1240. The van der Waals surface area contributed by atoms with Gasteiger partial charge in [0.2, 0.25) is 15.9 Å². The lowest BCUT2D eigenvalue weighted by Gasteiger charge is -2.27. The molecule has 2 aromatic rings. The molecule has 0 radical (unpaired) electrons. The third-order valence-corrected chi connectivity index (χ3v) is 8.13. The van der Waals surface area contributed by atoms with Gasteiger partial charge in [0.25, 0.3) is 0 Å². The lowest BCUT2D eigenvalue weighted by molar-refractivity contribution is -0.118. The van der Waals surface area contributed by atoms with Crippen molar-refractivity contribution >= 4 is 33.6 Å². The summed E-state index contributed by atoms with van der Waals surface area (Å²) in [7, 11) is -3.19. The smallest absolute Gasteiger partial charge is 0.409 e. The Kier molecular flexibility index (Phi) is 10.9. The van der Waals surface area contributed by atoms with Gasteiger partial charge in [0.05, 0.1) is 11.4 Å². The summed E-state index contributed by atoms with van der Waals surface area (Å²) in [5, 5.41) is 0.385. The molecule has 0 bridgehead atoms. The molecule has 1 fully saturated rings. The van der Waals surface area contributed by atoms with E-state index in [0.717, 1.165) is 30.8 Å².